The zero-order valence-electron chi connectivity index (χ0n) is 13.3. The fourth-order valence-electron chi connectivity index (χ4n) is 2.01. The van der Waals surface area contributed by atoms with Gasteiger partial charge in [0.2, 0.25) is 0 Å². The number of ether oxygens (including phenoxy) is 1. The molecule has 1 aromatic carbocycles. The van der Waals surface area contributed by atoms with E-state index in [0.717, 1.165) is 22.3 Å². The zero-order chi connectivity index (χ0) is 16.1. The van der Waals surface area contributed by atoms with Gasteiger partial charge in [-0.1, -0.05) is 11.8 Å². The number of rotatable bonds is 6. The van der Waals surface area contributed by atoms with Crippen molar-refractivity contribution in [1.82, 2.24) is 14.8 Å². The maximum Gasteiger partial charge on any atom is 0.191 e. The van der Waals surface area contributed by atoms with Crippen molar-refractivity contribution in [2.45, 2.75) is 32.0 Å². The summed E-state index contributed by atoms with van der Waals surface area (Å²) in [5.41, 5.74) is 1.00. The molecular weight excluding hydrogens is 296 g/mol. The summed E-state index contributed by atoms with van der Waals surface area (Å²) in [6.07, 6.45) is 0. The first-order valence-electron chi connectivity index (χ1n) is 7.18. The second-order valence-electron chi connectivity index (χ2n) is 5.34. The fourth-order valence-corrected chi connectivity index (χ4v) is 3.02. The van der Waals surface area contributed by atoms with Gasteiger partial charge in [0.15, 0.2) is 11.0 Å². The van der Waals surface area contributed by atoms with Gasteiger partial charge in [-0.25, -0.2) is 0 Å². The molecule has 0 aliphatic heterocycles. The number of hydrogen-bond donors (Lipinski definition) is 0. The molecule has 22 heavy (non-hydrogen) atoms. The van der Waals surface area contributed by atoms with Crippen LogP contribution in [0.25, 0.3) is 11.4 Å². The smallest absolute Gasteiger partial charge is 0.191 e. The molecule has 0 N–H and O–H groups in total. The fraction of sp³-hybridized carbons (Fsp3) is 0.438. The summed E-state index contributed by atoms with van der Waals surface area (Å²) in [6, 6.07) is 10.3. The Balaban J connectivity index is 2.31. The van der Waals surface area contributed by atoms with Gasteiger partial charge >= 0.3 is 0 Å². The third-order valence-corrected chi connectivity index (χ3v) is 4.42. The lowest BCUT2D eigenvalue weighted by molar-refractivity contribution is 0.415. The zero-order valence-corrected chi connectivity index (χ0v) is 14.1. The van der Waals surface area contributed by atoms with E-state index in [4.69, 9.17) is 10.00 Å². The van der Waals surface area contributed by atoms with Crippen LogP contribution in [-0.2, 0) is 0 Å². The Hall–Kier alpha value is -2.00. The van der Waals surface area contributed by atoms with Crippen LogP contribution in [0.1, 0.15) is 26.8 Å². The third kappa shape index (κ3) is 3.60. The number of aromatic nitrogens is 3. The van der Waals surface area contributed by atoms with Crippen molar-refractivity contribution in [3.63, 3.8) is 0 Å². The summed E-state index contributed by atoms with van der Waals surface area (Å²) in [5.74, 6) is 2.36. The van der Waals surface area contributed by atoms with Crippen molar-refractivity contribution >= 4 is 11.8 Å². The Morgan fingerprint density at radius 1 is 1.23 bits per heavy atom. The van der Waals surface area contributed by atoms with E-state index >= 15 is 0 Å². The Kier molecular flexibility index (Phi) is 5.45. The maximum atomic E-state index is 8.91. The second-order valence-corrected chi connectivity index (χ2v) is 6.33. The molecular formula is C16H20N4OS. The molecule has 0 spiro atoms. The molecule has 2 rings (SSSR count). The first-order chi connectivity index (χ1) is 10.6. The molecule has 0 radical (unpaired) electrons. The van der Waals surface area contributed by atoms with Crippen LogP contribution in [0.4, 0.5) is 0 Å². The predicted molar refractivity (Wildman–Crippen MR) is 87.9 cm³/mol. The number of nitrogens with zero attached hydrogens (tertiary/aromatic N) is 4. The SMILES string of the molecule is COc1ccc(-c2nnc(SC[C@@H](C)C#N)n2C(C)C)cc1. The summed E-state index contributed by atoms with van der Waals surface area (Å²) in [4.78, 5) is 0. The topological polar surface area (TPSA) is 63.7 Å². The first-order valence-corrected chi connectivity index (χ1v) is 8.17. The Labute approximate surface area is 135 Å². The van der Waals surface area contributed by atoms with Crippen molar-refractivity contribution in [3.8, 4) is 23.2 Å². The van der Waals surface area contributed by atoms with Crippen LogP contribution in [0.3, 0.4) is 0 Å². The number of thioether (sulfide) groups is 1. The van der Waals surface area contributed by atoms with E-state index < -0.39 is 0 Å². The summed E-state index contributed by atoms with van der Waals surface area (Å²) in [6.45, 7) is 6.12. The Morgan fingerprint density at radius 3 is 2.45 bits per heavy atom. The molecule has 2 aromatic rings. The minimum atomic E-state index is -0.00764. The molecule has 0 aliphatic rings. The summed E-state index contributed by atoms with van der Waals surface area (Å²) >= 11 is 1.57. The first kappa shape index (κ1) is 16.4. The minimum Gasteiger partial charge on any atom is -0.497 e. The summed E-state index contributed by atoms with van der Waals surface area (Å²) < 4.78 is 7.30. The van der Waals surface area contributed by atoms with Gasteiger partial charge in [-0.3, -0.25) is 4.57 Å². The molecule has 0 aliphatic carbocycles. The van der Waals surface area contributed by atoms with E-state index in [1.54, 1.807) is 18.9 Å². The van der Waals surface area contributed by atoms with Gasteiger partial charge in [0.25, 0.3) is 0 Å². The molecule has 116 valence electrons. The largest absolute Gasteiger partial charge is 0.497 e. The van der Waals surface area contributed by atoms with Gasteiger partial charge in [0.05, 0.1) is 19.1 Å². The van der Waals surface area contributed by atoms with E-state index in [1.807, 2.05) is 31.2 Å². The monoisotopic (exact) mass is 316 g/mol. The van der Waals surface area contributed by atoms with Crippen LogP contribution in [0.15, 0.2) is 29.4 Å². The second kappa shape index (κ2) is 7.32. The van der Waals surface area contributed by atoms with Crippen LogP contribution in [0.5, 0.6) is 5.75 Å². The highest BCUT2D eigenvalue weighted by atomic mass is 32.2. The molecule has 1 atom stereocenters. The summed E-state index contributed by atoms with van der Waals surface area (Å²) in [5, 5.41) is 18.4. The molecule has 1 heterocycles. The quantitative estimate of drug-likeness (QED) is 0.759. The maximum absolute atomic E-state index is 8.91. The molecule has 0 saturated carbocycles. The van der Waals surface area contributed by atoms with Crippen molar-refractivity contribution in [3.05, 3.63) is 24.3 Å². The molecule has 1 aromatic heterocycles. The van der Waals surface area contributed by atoms with Crippen LogP contribution < -0.4 is 4.74 Å². The Morgan fingerprint density at radius 2 is 1.91 bits per heavy atom. The lowest BCUT2D eigenvalue weighted by Gasteiger charge is -2.14. The molecule has 0 amide bonds. The predicted octanol–water partition coefficient (Wildman–Crippen LogP) is 3.79. The molecule has 0 fully saturated rings. The van der Waals surface area contributed by atoms with Gasteiger partial charge in [0.1, 0.15) is 5.75 Å². The van der Waals surface area contributed by atoms with Crippen LogP contribution in [0.2, 0.25) is 0 Å². The average Bonchev–Trinajstić information content (AvgIpc) is 2.96. The van der Waals surface area contributed by atoms with Gasteiger partial charge in [-0.2, -0.15) is 5.26 Å². The summed E-state index contributed by atoms with van der Waals surface area (Å²) in [7, 11) is 1.65. The lowest BCUT2D eigenvalue weighted by Crippen LogP contribution is -2.06. The highest BCUT2D eigenvalue weighted by Crippen LogP contribution is 2.29. The average molecular weight is 316 g/mol. The number of nitriles is 1. The van der Waals surface area contributed by atoms with Gasteiger partial charge < -0.3 is 4.74 Å². The van der Waals surface area contributed by atoms with Crippen molar-refractivity contribution in [2.75, 3.05) is 12.9 Å². The molecule has 0 bridgehead atoms. The number of methoxy groups -OCH3 is 1. The molecule has 0 unspecified atom stereocenters. The normalized spacial score (nSPS) is 12.2. The van der Waals surface area contributed by atoms with Crippen molar-refractivity contribution < 1.29 is 4.74 Å². The van der Waals surface area contributed by atoms with Crippen LogP contribution >= 0.6 is 11.8 Å². The van der Waals surface area contributed by atoms with Crippen LogP contribution in [-0.4, -0.2) is 27.6 Å². The highest BCUT2D eigenvalue weighted by molar-refractivity contribution is 7.99. The molecule has 6 heteroatoms. The van der Waals surface area contributed by atoms with Gasteiger partial charge in [-0.15, -0.1) is 10.2 Å². The van der Waals surface area contributed by atoms with Gasteiger partial charge in [-0.05, 0) is 45.0 Å². The van der Waals surface area contributed by atoms with Crippen molar-refractivity contribution in [2.24, 2.45) is 5.92 Å². The van der Waals surface area contributed by atoms with E-state index in [1.165, 1.54) is 0 Å². The van der Waals surface area contributed by atoms with E-state index in [2.05, 4.69) is 34.7 Å². The molecule has 0 saturated heterocycles. The number of benzene rings is 1. The highest BCUT2D eigenvalue weighted by Gasteiger charge is 2.17. The minimum absolute atomic E-state index is 0.00764. The molecule has 5 nitrogen and oxygen atoms in total. The number of hydrogen-bond acceptors (Lipinski definition) is 5. The van der Waals surface area contributed by atoms with Gasteiger partial charge in [0, 0.05) is 17.4 Å². The third-order valence-electron chi connectivity index (χ3n) is 3.21. The lowest BCUT2D eigenvalue weighted by atomic mass is 10.2. The standard InChI is InChI=1S/C16H20N4OS/c1-11(2)20-15(13-5-7-14(21-4)8-6-13)18-19-16(20)22-10-12(3)9-17/h5-8,11-12H,10H2,1-4H3/t12-/m0/s1. The van der Waals surface area contributed by atoms with Crippen molar-refractivity contribution in [1.29, 1.82) is 5.26 Å². The van der Waals surface area contributed by atoms with Crippen LogP contribution in [0, 0.1) is 17.2 Å². The van der Waals surface area contributed by atoms with E-state index in [9.17, 15) is 0 Å². The Bertz CT molecular complexity index is 658. The van der Waals surface area contributed by atoms with E-state index in [0.29, 0.717) is 5.75 Å². The van der Waals surface area contributed by atoms with E-state index in [-0.39, 0.29) is 12.0 Å².